The fraction of sp³-hybridized carbons (Fsp3) is 0.125. The number of hydrogen-bond acceptors (Lipinski definition) is 3. The first-order valence-electron chi connectivity index (χ1n) is 5.92. The van der Waals surface area contributed by atoms with Crippen molar-refractivity contribution >= 4 is 5.76 Å². The van der Waals surface area contributed by atoms with E-state index < -0.39 is 0 Å². The summed E-state index contributed by atoms with van der Waals surface area (Å²) in [5.41, 5.74) is 1.67. The second kappa shape index (κ2) is 5.96. The molecule has 0 aliphatic heterocycles. The molecular formula is C16H16O3. The van der Waals surface area contributed by atoms with E-state index in [-0.39, 0.29) is 5.76 Å². The third-order valence-corrected chi connectivity index (χ3v) is 2.81. The average molecular weight is 256 g/mol. The molecule has 1 N–H and O–H groups in total. The van der Waals surface area contributed by atoms with E-state index in [1.807, 2.05) is 30.4 Å². The molecule has 1 aliphatic carbocycles. The quantitative estimate of drug-likeness (QED) is 0.836. The molecule has 0 unspecified atom stereocenters. The van der Waals surface area contributed by atoms with E-state index in [2.05, 4.69) is 0 Å². The smallest absolute Gasteiger partial charge is 0.133 e. The van der Waals surface area contributed by atoms with Crippen molar-refractivity contribution in [2.45, 2.75) is 0 Å². The number of hydrogen-bond donors (Lipinski definition) is 1. The van der Waals surface area contributed by atoms with Gasteiger partial charge in [0, 0.05) is 6.07 Å². The van der Waals surface area contributed by atoms with Crippen LogP contribution in [0, 0.1) is 0 Å². The molecule has 0 amide bonds. The second-order valence-electron chi connectivity index (χ2n) is 4.00. The summed E-state index contributed by atoms with van der Waals surface area (Å²) in [4.78, 5) is 0. The Bertz CT molecular complexity index is 564. The van der Waals surface area contributed by atoms with Crippen LogP contribution < -0.4 is 9.47 Å². The third-order valence-electron chi connectivity index (χ3n) is 2.81. The maximum absolute atomic E-state index is 10.1. The number of ether oxygens (including phenoxy) is 2. The Hall–Kier alpha value is -2.42. The molecule has 3 nitrogen and oxygen atoms in total. The maximum Gasteiger partial charge on any atom is 0.133 e. The van der Waals surface area contributed by atoms with Gasteiger partial charge in [0.15, 0.2) is 0 Å². The number of methoxy groups -OCH3 is 2. The van der Waals surface area contributed by atoms with Crippen molar-refractivity contribution in [2.24, 2.45) is 0 Å². The zero-order valence-electron chi connectivity index (χ0n) is 11.0. The minimum absolute atomic E-state index is 0.153. The van der Waals surface area contributed by atoms with Crippen molar-refractivity contribution < 1.29 is 14.6 Å². The van der Waals surface area contributed by atoms with E-state index in [0.717, 1.165) is 5.57 Å². The van der Waals surface area contributed by atoms with Crippen LogP contribution in [-0.4, -0.2) is 19.3 Å². The molecule has 0 fully saturated rings. The Morgan fingerprint density at radius 3 is 2.47 bits per heavy atom. The van der Waals surface area contributed by atoms with Crippen LogP contribution in [0.5, 0.6) is 11.5 Å². The van der Waals surface area contributed by atoms with Gasteiger partial charge in [0.2, 0.25) is 0 Å². The molecule has 0 saturated carbocycles. The third kappa shape index (κ3) is 3.07. The Kier molecular flexibility index (Phi) is 4.08. The molecule has 2 rings (SSSR count). The topological polar surface area (TPSA) is 38.7 Å². The summed E-state index contributed by atoms with van der Waals surface area (Å²) < 4.78 is 10.4. The van der Waals surface area contributed by atoms with Gasteiger partial charge in [-0.05, 0) is 23.8 Å². The molecule has 0 atom stereocenters. The van der Waals surface area contributed by atoms with E-state index in [9.17, 15) is 5.11 Å². The lowest BCUT2D eigenvalue weighted by atomic mass is 10.1. The van der Waals surface area contributed by atoms with E-state index >= 15 is 0 Å². The molecule has 1 aromatic carbocycles. The highest BCUT2D eigenvalue weighted by atomic mass is 16.5. The van der Waals surface area contributed by atoms with Gasteiger partial charge in [-0.15, -0.1) is 0 Å². The first-order valence-corrected chi connectivity index (χ1v) is 5.92. The van der Waals surface area contributed by atoms with Crippen LogP contribution in [0.1, 0.15) is 5.56 Å². The van der Waals surface area contributed by atoms with Gasteiger partial charge in [0.25, 0.3) is 0 Å². The number of benzene rings is 1. The number of allylic oxidation sites excluding steroid dienone is 7. The van der Waals surface area contributed by atoms with Gasteiger partial charge in [-0.25, -0.2) is 0 Å². The molecule has 0 aromatic heterocycles. The first-order chi connectivity index (χ1) is 9.24. The lowest BCUT2D eigenvalue weighted by Crippen LogP contribution is -1.93. The Labute approximate surface area is 112 Å². The molecule has 1 aliphatic rings. The Balaban J connectivity index is 2.30. The summed E-state index contributed by atoms with van der Waals surface area (Å²) in [5.74, 6) is 1.41. The molecule has 0 heterocycles. The summed E-state index contributed by atoms with van der Waals surface area (Å²) in [7, 11) is 3.15. The van der Waals surface area contributed by atoms with Gasteiger partial charge in [-0.1, -0.05) is 30.4 Å². The van der Waals surface area contributed by atoms with Crippen LogP contribution >= 0.6 is 0 Å². The number of rotatable bonds is 4. The van der Waals surface area contributed by atoms with Crippen molar-refractivity contribution in [3.05, 3.63) is 65.8 Å². The maximum atomic E-state index is 10.1. The van der Waals surface area contributed by atoms with Gasteiger partial charge in [0.1, 0.15) is 17.3 Å². The Morgan fingerprint density at radius 2 is 1.84 bits per heavy atom. The summed E-state index contributed by atoms with van der Waals surface area (Å²) in [5, 5.41) is 10.1. The van der Waals surface area contributed by atoms with Crippen molar-refractivity contribution in [1.29, 1.82) is 0 Å². The summed E-state index contributed by atoms with van der Waals surface area (Å²) >= 11 is 0. The van der Waals surface area contributed by atoms with E-state index in [1.54, 1.807) is 38.5 Å². The fourth-order valence-corrected chi connectivity index (χ4v) is 1.78. The Morgan fingerprint density at radius 1 is 1.11 bits per heavy atom. The molecule has 98 valence electrons. The monoisotopic (exact) mass is 256 g/mol. The highest BCUT2D eigenvalue weighted by Crippen LogP contribution is 2.29. The van der Waals surface area contributed by atoms with Gasteiger partial charge >= 0.3 is 0 Å². The predicted molar refractivity (Wildman–Crippen MR) is 76.5 cm³/mol. The molecule has 0 bridgehead atoms. The van der Waals surface area contributed by atoms with Crippen molar-refractivity contribution in [3.8, 4) is 11.5 Å². The van der Waals surface area contributed by atoms with Gasteiger partial charge in [-0.2, -0.15) is 0 Å². The normalized spacial score (nSPS) is 13.8. The SMILES string of the molecule is COc1ccc(C(O)=CC=C2C=CC=C2)c(OC)c1. The predicted octanol–water partition coefficient (Wildman–Crippen LogP) is 3.66. The largest absolute Gasteiger partial charge is 0.507 e. The van der Waals surface area contributed by atoms with E-state index in [1.165, 1.54) is 0 Å². The average Bonchev–Trinajstić information content (AvgIpc) is 2.97. The highest BCUT2D eigenvalue weighted by molar-refractivity contribution is 5.67. The highest BCUT2D eigenvalue weighted by Gasteiger charge is 2.08. The van der Waals surface area contributed by atoms with Crippen LogP contribution in [0.15, 0.2) is 60.2 Å². The minimum Gasteiger partial charge on any atom is -0.507 e. The van der Waals surface area contributed by atoms with Crippen molar-refractivity contribution in [1.82, 2.24) is 0 Å². The molecule has 3 heteroatoms. The standard InChI is InChI=1S/C16H16O3/c1-18-13-8-9-14(16(11-13)19-2)15(17)10-7-12-5-3-4-6-12/h3-11,17H,1-2H3. The molecule has 0 radical (unpaired) electrons. The summed E-state index contributed by atoms with van der Waals surface area (Å²) in [6, 6.07) is 5.29. The van der Waals surface area contributed by atoms with Gasteiger partial charge in [0.05, 0.1) is 19.8 Å². The molecule has 19 heavy (non-hydrogen) atoms. The van der Waals surface area contributed by atoms with E-state index in [4.69, 9.17) is 9.47 Å². The summed E-state index contributed by atoms with van der Waals surface area (Å²) in [6.07, 6.45) is 11.3. The lowest BCUT2D eigenvalue weighted by Gasteiger charge is -2.09. The molecule has 1 aromatic rings. The number of aliphatic hydroxyl groups excluding tert-OH is 1. The van der Waals surface area contributed by atoms with E-state index in [0.29, 0.717) is 17.1 Å². The summed E-state index contributed by atoms with van der Waals surface area (Å²) in [6.45, 7) is 0. The van der Waals surface area contributed by atoms with Gasteiger partial charge in [-0.3, -0.25) is 0 Å². The first kappa shape index (κ1) is 13.0. The molecular weight excluding hydrogens is 240 g/mol. The van der Waals surface area contributed by atoms with Crippen LogP contribution in [0.25, 0.3) is 5.76 Å². The van der Waals surface area contributed by atoms with Crippen molar-refractivity contribution in [3.63, 3.8) is 0 Å². The van der Waals surface area contributed by atoms with Crippen molar-refractivity contribution in [2.75, 3.05) is 14.2 Å². The zero-order chi connectivity index (χ0) is 13.7. The lowest BCUT2D eigenvalue weighted by molar-refractivity contribution is 0.391. The minimum atomic E-state index is 0.153. The molecule has 0 saturated heterocycles. The van der Waals surface area contributed by atoms with Gasteiger partial charge < -0.3 is 14.6 Å². The van der Waals surface area contributed by atoms with Crippen LogP contribution in [0.4, 0.5) is 0 Å². The van der Waals surface area contributed by atoms with Crippen LogP contribution in [0.2, 0.25) is 0 Å². The number of aliphatic hydroxyl groups is 1. The zero-order valence-corrected chi connectivity index (χ0v) is 11.0. The molecule has 0 spiro atoms. The fourth-order valence-electron chi connectivity index (χ4n) is 1.78. The van der Waals surface area contributed by atoms with Crippen LogP contribution in [0.3, 0.4) is 0 Å². The van der Waals surface area contributed by atoms with Crippen LogP contribution in [-0.2, 0) is 0 Å². The second-order valence-corrected chi connectivity index (χ2v) is 4.00.